The van der Waals surface area contributed by atoms with Gasteiger partial charge in [0.1, 0.15) is 11.4 Å². The van der Waals surface area contributed by atoms with Crippen molar-refractivity contribution in [3.63, 3.8) is 0 Å². The van der Waals surface area contributed by atoms with Crippen LogP contribution in [0, 0.1) is 0 Å². The first-order valence-corrected chi connectivity index (χ1v) is 10.6. The highest BCUT2D eigenvalue weighted by molar-refractivity contribution is 6.32. The molecule has 0 aliphatic carbocycles. The van der Waals surface area contributed by atoms with Gasteiger partial charge in [-0.05, 0) is 17.7 Å². The van der Waals surface area contributed by atoms with E-state index in [1.165, 1.54) is 23.4 Å². The Hall–Kier alpha value is -3.16. The second kappa shape index (κ2) is 9.32. The number of anilines is 1. The van der Waals surface area contributed by atoms with Gasteiger partial charge in [-0.2, -0.15) is 5.10 Å². The number of nitrogens with one attached hydrogen (secondary N) is 1. The van der Waals surface area contributed by atoms with E-state index in [-0.39, 0.29) is 11.8 Å². The van der Waals surface area contributed by atoms with Crippen molar-refractivity contribution in [2.45, 2.75) is 13.5 Å². The highest BCUT2D eigenvalue weighted by Crippen LogP contribution is 2.27. The van der Waals surface area contributed by atoms with Gasteiger partial charge in [-0.1, -0.05) is 54.1 Å². The van der Waals surface area contributed by atoms with E-state index in [4.69, 9.17) is 11.6 Å². The zero-order chi connectivity index (χ0) is 21.8. The van der Waals surface area contributed by atoms with Gasteiger partial charge in [-0.15, -0.1) is 0 Å². The predicted octanol–water partition coefficient (Wildman–Crippen LogP) is 3.44. The maximum Gasteiger partial charge on any atom is 0.259 e. The first kappa shape index (κ1) is 21.1. The summed E-state index contributed by atoms with van der Waals surface area (Å²) in [5.74, 6) is -0.103. The van der Waals surface area contributed by atoms with Crippen molar-refractivity contribution in [3.05, 3.63) is 76.9 Å². The summed E-state index contributed by atoms with van der Waals surface area (Å²) in [5.41, 5.74) is 2.21. The highest BCUT2D eigenvalue weighted by atomic mass is 35.5. The maximum atomic E-state index is 13.3. The molecule has 1 aliphatic rings. The van der Waals surface area contributed by atoms with Gasteiger partial charge in [0.05, 0.1) is 16.9 Å². The molecule has 0 radical (unpaired) electrons. The van der Waals surface area contributed by atoms with E-state index in [2.05, 4.69) is 27.4 Å². The molecule has 0 saturated carbocycles. The van der Waals surface area contributed by atoms with Gasteiger partial charge in [-0.25, -0.2) is 4.68 Å². The minimum Gasteiger partial charge on any atom is -0.336 e. The third-order valence-electron chi connectivity index (χ3n) is 5.28. The Bertz CT molecular complexity index is 1070. The fraction of sp³-hybridized carbons (Fsp3) is 0.261. The lowest BCUT2D eigenvalue weighted by Gasteiger charge is -2.34. The van der Waals surface area contributed by atoms with Crippen molar-refractivity contribution >= 4 is 29.2 Å². The summed E-state index contributed by atoms with van der Waals surface area (Å²) in [4.78, 5) is 29.2. The van der Waals surface area contributed by atoms with Crippen molar-refractivity contribution in [1.29, 1.82) is 0 Å². The standard InChI is InChI=1S/C23H24ClN5O2/c1-17(30)26-22-19(15-25-29(22)21-10-6-5-9-20(21)24)23(31)28-13-11-27(12-14-28)16-18-7-3-2-4-8-18/h2-10,15H,11-14,16H2,1H3,(H,26,30). The summed E-state index contributed by atoms with van der Waals surface area (Å²) in [6.07, 6.45) is 1.49. The Morgan fingerprint density at radius 2 is 1.68 bits per heavy atom. The first-order chi connectivity index (χ1) is 15.0. The van der Waals surface area contributed by atoms with E-state index in [1.807, 2.05) is 30.3 Å². The quantitative estimate of drug-likeness (QED) is 0.663. The molecule has 4 rings (SSSR count). The van der Waals surface area contributed by atoms with Crippen LogP contribution < -0.4 is 5.32 Å². The molecule has 7 nitrogen and oxygen atoms in total. The van der Waals surface area contributed by atoms with Crippen LogP contribution >= 0.6 is 11.6 Å². The van der Waals surface area contributed by atoms with Gasteiger partial charge >= 0.3 is 0 Å². The Morgan fingerprint density at radius 3 is 2.35 bits per heavy atom. The van der Waals surface area contributed by atoms with E-state index in [9.17, 15) is 9.59 Å². The topological polar surface area (TPSA) is 70.5 Å². The molecule has 2 heterocycles. The number of halogens is 1. The summed E-state index contributed by atoms with van der Waals surface area (Å²) < 4.78 is 1.50. The van der Waals surface area contributed by atoms with Crippen LogP contribution in [-0.2, 0) is 11.3 Å². The molecule has 1 aromatic heterocycles. The van der Waals surface area contributed by atoms with Gasteiger partial charge in [0.15, 0.2) is 0 Å². The molecule has 3 aromatic rings. The van der Waals surface area contributed by atoms with E-state index < -0.39 is 0 Å². The normalized spacial score (nSPS) is 14.5. The first-order valence-electron chi connectivity index (χ1n) is 10.2. The molecule has 0 spiro atoms. The molecular weight excluding hydrogens is 414 g/mol. The van der Waals surface area contributed by atoms with Crippen LogP contribution in [0.15, 0.2) is 60.8 Å². The smallest absolute Gasteiger partial charge is 0.259 e. The minimum absolute atomic E-state index is 0.151. The average Bonchev–Trinajstić information content (AvgIpc) is 3.17. The summed E-state index contributed by atoms with van der Waals surface area (Å²) in [6.45, 7) is 5.07. The maximum absolute atomic E-state index is 13.3. The number of benzene rings is 2. The number of hydrogen-bond acceptors (Lipinski definition) is 4. The molecule has 0 bridgehead atoms. The summed E-state index contributed by atoms with van der Waals surface area (Å²) in [6, 6.07) is 17.5. The second-order valence-electron chi connectivity index (χ2n) is 7.51. The van der Waals surface area contributed by atoms with E-state index >= 15 is 0 Å². The van der Waals surface area contributed by atoms with E-state index in [0.29, 0.717) is 35.2 Å². The number of aromatic nitrogens is 2. The molecular formula is C23H24ClN5O2. The molecule has 2 aromatic carbocycles. The van der Waals surface area contributed by atoms with Gasteiger partial charge in [0.25, 0.3) is 5.91 Å². The minimum atomic E-state index is -0.282. The molecule has 1 saturated heterocycles. The number of hydrogen-bond donors (Lipinski definition) is 1. The van der Waals surface area contributed by atoms with Crippen LogP contribution in [0.25, 0.3) is 5.69 Å². The van der Waals surface area contributed by atoms with Crippen molar-refractivity contribution in [2.24, 2.45) is 0 Å². The predicted molar refractivity (Wildman–Crippen MR) is 121 cm³/mol. The Labute approximate surface area is 186 Å². The lowest BCUT2D eigenvalue weighted by atomic mass is 10.2. The second-order valence-corrected chi connectivity index (χ2v) is 7.91. The summed E-state index contributed by atoms with van der Waals surface area (Å²) in [7, 11) is 0. The highest BCUT2D eigenvalue weighted by Gasteiger charge is 2.27. The van der Waals surface area contributed by atoms with Crippen LogP contribution in [0.1, 0.15) is 22.8 Å². The van der Waals surface area contributed by atoms with Crippen LogP contribution in [-0.4, -0.2) is 57.6 Å². The number of piperazine rings is 1. The van der Waals surface area contributed by atoms with Gasteiger partial charge in [0, 0.05) is 39.6 Å². The molecule has 1 aliphatic heterocycles. The number of carbonyl (C=O) groups is 2. The monoisotopic (exact) mass is 437 g/mol. The van der Waals surface area contributed by atoms with Crippen molar-refractivity contribution in [3.8, 4) is 5.69 Å². The molecule has 160 valence electrons. The molecule has 8 heteroatoms. The number of rotatable bonds is 5. The third-order valence-corrected chi connectivity index (χ3v) is 5.60. The summed E-state index contributed by atoms with van der Waals surface area (Å²) in [5, 5.41) is 7.58. The zero-order valence-electron chi connectivity index (χ0n) is 17.3. The van der Waals surface area contributed by atoms with E-state index in [1.54, 1.807) is 17.0 Å². The van der Waals surface area contributed by atoms with E-state index in [0.717, 1.165) is 19.6 Å². The Kier molecular flexibility index (Phi) is 6.34. The van der Waals surface area contributed by atoms with Crippen molar-refractivity contribution in [2.75, 3.05) is 31.5 Å². The molecule has 0 atom stereocenters. The molecule has 0 unspecified atom stereocenters. The average molecular weight is 438 g/mol. The largest absolute Gasteiger partial charge is 0.336 e. The number of amides is 2. The lowest BCUT2D eigenvalue weighted by Crippen LogP contribution is -2.48. The van der Waals surface area contributed by atoms with Crippen LogP contribution in [0.4, 0.5) is 5.82 Å². The van der Waals surface area contributed by atoms with Gasteiger partial charge in [0.2, 0.25) is 5.91 Å². The van der Waals surface area contributed by atoms with Crippen LogP contribution in [0.5, 0.6) is 0 Å². The van der Waals surface area contributed by atoms with Crippen LogP contribution in [0.3, 0.4) is 0 Å². The fourth-order valence-electron chi connectivity index (χ4n) is 3.72. The lowest BCUT2D eigenvalue weighted by molar-refractivity contribution is -0.114. The molecule has 31 heavy (non-hydrogen) atoms. The SMILES string of the molecule is CC(=O)Nc1c(C(=O)N2CCN(Cc3ccccc3)CC2)cnn1-c1ccccc1Cl. The third kappa shape index (κ3) is 4.78. The zero-order valence-corrected chi connectivity index (χ0v) is 18.0. The fourth-order valence-corrected chi connectivity index (χ4v) is 3.93. The van der Waals surface area contributed by atoms with Gasteiger partial charge < -0.3 is 10.2 Å². The molecule has 1 N–H and O–H groups in total. The van der Waals surface area contributed by atoms with Crippen molar-refractivity contribution in [1.82, 2.24) is 19.6 Å². The number of carbonyl (C=O) groups excluding carboxylic acids is 2. The Balaban J connectivity index is 1.51. The van der Waals surface area contributed by atoms with Gasteiger partial charge in [-0.3, -0.25) is 14.5 Å². The van der Waals surface area contributed by atoms with Crippen molar-refractivity contribution < 1.29 is 9.59 Å². The molecule has 1 fully saturated rings. The van der Waals surface area contributed by atoms with Crippen LogP contribution in [0.2, 0.25) is 5.02 Å². The number of para-hydroxylation sites is 1. The Morgan fingerprint density at radius 1 is 1.00 bits per heavy atom. The summed E-state index contributed by atoms with van der Waals surface area (Å²) >= 11 is 6.31. The number of nitrogens with zero attached hydrogens (tertiary/aromatic N) is 4. The molecule has 2 amide bonds.